The van der Waals surface area contributed by atoms with Crippen molar-refractivity contribution >= 4 is 5.91 Å². The summed E-state index contributed by atoms with van der Waals surface area (Å²) in [5.74, 6) is 0.276. The Kier molecular flexibility index (Phi) is 3.81. The Balaban J connectivity index is 1.51. The van der Waals surface area contributed by atoms with E-state index in [4.69, 9.17) is 0 Å². The van der Waals surface area contributed by atoms with E-state index in [1.807, 2.05) is 0 Å². The molecule has 1 aliphatic carbocycles. The molecule has 0 aromatic heterocycles. The van der Waals surface area contributed by atoms with Gasteiger partial charge in [0.05, 0.1) is 12.6 Å². The van der Waals surface area contributed by atoms with Crippen LogP contribution < -0.4 is 0 Å². The Morgan fingerprint density at radius 3 is 2.68 bits per heavy atom. The predicted octanol–water partition coefficient (Wildman–Crippen LogP) is 1.24. The van der Waals surface area contributed by atoms with Crippen LogP contribution in [0.15, 0.2) is 0 Å². The Morgan fingerprint density at radius 2 is 1.95 bits per heavy atom. The Bertz CT molecular complexity index is 339. The number of aliphatic hydroxyl groups excluding tert-OH is 1. The van der Waals surface area contributed by atoms with Crippen molar-refractivity contribution in [1.29, 1.82) is 0 Å². The first-order chi connectivity index (χ1) is 9.17. The summed E-state index contributed by atoms with van der Waals surface area (Å²) in [4.78, 5) is 16.6. The van der Waals surface area contributed by atoms with Gasteiger partial charge in [-0.25, -0.2) is 0 Å². The van der Waals surface area contributed by atoms with Crippen LogP contribution in [0, 0.1) is 5.41 Å². The van der Waals surface area contributed by atoms with Gasteiger partial charge in [0.15, 0.2) is 0 Å². The van der Waals surface area contributed by atoms with Crippen molar-refractivity contribution in [3.05, 3.63) is 0 Å². The number of likely N-dealkylation sites (tertiary alicyclic amines) is 2. The lowest BCUT2D eigenvalue weighted by Gasteiger charge is -2.31. The number of aliphatic hydroxyl groups is 1. The zero-order valence-electron chi connectivity index (χ0n) is 11.8. The van der Waals surface area contributed by atoms with E-state index in [0.717, 1.165) is 32.5 Å². The monoisotopic (exact) mass is 266 g/mol. The number of rotatable bonds is 2. The van der Waals surface area contributed by atoms with Crippen LogP contribution in [0.5, 0.6) is 0 Å². The quantitative estimate of drug-likeness (QED) is 0.818. The first-order valence-electron chi connectivity index (χ1n) is 7.85. The smallest absolute Gasteiger partial charge is 0.236 e. The number of amides is 1. The number of carbonyl (C=O) groups excluding carboxylic acids is 1. The van der Waals surface area contributed by atoms with Gasteiger partial charge in [-0.05, 0) is 44.1 Å². The van der Waals surface area contributed by atoms with Crippen molar-refractivity contribution in [3.8, 4) is 0 Å². The number of nitrogens with zero attached hydrogens (tertiary/aromatic N) is 2. The van der Waals surface area contributed by atoms with Gasteiger partial charge in [-0.3, -0.25) is 9.69 Å². The van der Waals surface area contributed by atoms with Crippen molar-refractivity contribution in [1.82, 2.24) is 9.80 Å². The molecule has 1 N–H and O–H groups in total. The van der Waals surface area contributed by atoms with E-state index in [0.29, 0.717) is 18.5 Å². The molecule has 1 unspecified atom stereocenters. The maximum Gasteiger partial charge on any atom is 0.236 e. The number of β-amino-alcohol motifs (C(OH)–C–C–N with tert-alkyl or cyclic N) is 1. The molecule has 4 nitrogen and oxygen atoms in total. The van der Waals surface area contributed by atoms with Gasteiger partial charge >= 0.3 is 0 Å². The summed E-state index contributed by atoms with van der Waals surface area (Å²) in [6.07, 6.45) is 8.21. The molecule has 0 aromatic carbocycles. The second-order valence-corrected chi connectivity index (χ2v) is 6.80. The molecule has 1 saturated carbocycles. The van der Waals surface area contributed by atoms with Gasteiger partial charge in [0.25, 0.3) is 0 Å². The highest BCUT2D eigenvalue weighted by molar-refractivity contribution is 5.78. The average Bonchev–Trinajstić information content (AvgIpc) is 3.00. The van der Waals surface area contributed by atoms with E-state index in [1.165, 1.54) is 32.1 Å². The van der Waals surface area contributed by atoms with E-state index in [2.05, 4.69) is 9.80 Å². The zero-order valence-corrected chi connectivity index (χ0v) is 11.8. The zero-order chi connectivity index (χ0) is 13.3. The Hall–Kier alpha value is -0.610. The van der Waals surface area contributed by atoms with Crippen molar-refractivity contribution in [2.24, 2.45) is 5.41 Å². The maximum atomic E-state index is 12.4. The van der Waals surface area contributed by atoms with Gasteiger partial charge in [0.2, 0.25) is 5.91 Å². The third kappa shape index (κ3) is 2.95. The summed E-state index contributed by atoms with van der Waals surface area (Å²) in [5, 5.41) is 9.66. The molecule has 3 rings (SSSR count). The first kappa shape index (κ1) is 13.4. The second kappa shape index (κ2) is 5.41. The van der Waals surface area contributed by atoms with Crippen molar-refractivity contribution in [2.45, 2.75) is 51.0 Å². The van der Waals surface area contributed by atoms with Gasteiger partial charge in [0, 0.05) is 19.6 Å². The summed E-state index contributed by atoms with van der Waals surface area (Å²) in [5.41, 5.74) is 0.469. The van der Waals surface area contributed by atoms with Crippen molar-refractivity contribution in [3.63, 3.8) is 0 Å². The van der Waals surface area contributed by atoms with E-state index in [1.54, 1.807) is 0 Å². The van der Waals surface area contributed by atoms with Crippen LogP contribution >= 0.6 is 0 Å². The normalized spacial score (nSPS) is 31.2. The molecule has 108 valence electrons. The molecule has 3 fully saturated rings. The topological polar surface area (TPSA) is 43.8 Å². The van der Waals surface area contributed by atoms with Crippen LogP contribution in [0.25, 0.3) is 0 Å². The summed E-state index contributed by atoms with van der Waals surface area (Å²) < 4.78 is 0. The number of hydrogen-bond donors (Lipinski definition) is 1. The molecule has 1 amide bonds. The van der Waals surface area contributed by atoms with Gasteiger partial charge < -0.3 is 10.0 Å². The molecular formula is C15H26N2O2. The molecule has 2 heterocycles. The van der Waals surface area contributed by atoms with Gasteiger partial charge in [-0.2, -0.15) is 0 Å². The molecule has 3 aliphatic rings. The molecule has 2 saturated heterocycles. The third-order valence-corrected chi connectivity index (χ3v) is 5.29. The van der Waals surface area contributed by atoms with Crippen LogP contribution in [0.1, 0.15) is 44.9 Å². The fourth-order valence-corrected chi connectivity index (χ4v) is 4.15. The van der Waals surface area contributed by atoms with E-state index >= 15 is 0 Å². The fraction of sp³-hybridized carbons (Fsp3) is 0.933. The minimum absolute atomic E-state index is 0.235. The van der Waals surface area contributed by atoms with E-state index < -0.39 is 0 Å². The molecule has 2 aliphatic heterocycles. The van der Waals surface area contributed by atoms with E-state index in [9.17, 15) is 9.90 Å². The number of piperidine rings is 1. The highest BCUT2D eigenvalue weighted by Crippen LogP contribution is 2.45. The molecule has 1 atom stereocenters. The molecular weight excluding hydrogens is 240 g/mol. The summed E-state index contributed by atoms with van der Waals surface area (Å²) in [7, 11) is 0. The lowest BCUT2D eigenvalue weighted by Crippen LogP contribution is -2.45. The molecule has 4 heteroatoms. The fourth-order valence-electron chi connectivity index (χ4n) is 4.15. The van der Waals surface area contributed by atoms with Gasteiger partial charge in [-0.1, -0.05) is 12.8 Å². The van der Waals surface area contributed by atoms with Crippen LogP contribution in [0.3, 0.4) is 0 Å². The molecule has 19 heavy (non-hydrogen) atoms. The van der Waals surface area contributed by atoms with Gasteiger partial charge in [-0.15, -0.1) is 0 Å². The van der Waals surface area contributed by atoms with Gasteiger partial charge in [0.1, 0.15) is 0 Å². The number of carbonyl (C=O) groups is 1. The van der Waals surface area contributed by atoms with E-state index in [-0.39, 0.29) is 12.0 Å². The highest BCUT2D eigenvalue weighted by atomic mass is 16.3. The molecule has 0 aromatic rings. The van der Waals surface area contributed by atoms with Crippen molar-refractivity contribution in [2.75, 3.05) is 32.7 Å². The Labute approximate surface area is 115 Å². The largest absolute Gasteiger partial charge is 0.392 e. The van der Waals surface area contributed by atoms with Crippen LogP contribution in [0.4, 0.5) is 0 Å². The summed E-state index contributed by atoms with van der Waals surface area (Å²) in [6, 6.07) is 0. The van der Waals surface area contributed by atoms with Crippen LogP contribution in [-0.2, 0) is 4.79 Å². The number of hydrogen-bond acceptors (Lipinski definition) is 3. The predicted molar refractivity (Wildman–Crippen MR) is 73.8 cm³/mol. The van der Waals surface area contributed by atoms with Crippen LogP contribution in [-0.4, -0.2) is 59.6 Å². The minimum Gasteiger partial charge on any atom is -0.392 e. The minimum atomic E-state index is -0.235. The first-order valence-corrected chi connectivity index (χ1v) is 7.85. The molecule has 0 bridgehead atoms. The second-order valence-electron chi connectivity index (χ2n) is 6.80. The van der Waals surface area contributed by atoms with Crippen LogP contribution in [0.2, 0.25) is 0 Å². The highest BCUT2D eigenvalue weighted by Gasteiger charge is 2.41. The molecule has 1 spiro atoms. The average molecular weight is 266 g/mol. The summed E-state index contributed by atoms with van der Waals surface area (Å²) >= 11 is 0. The SMILES string of the molecule is O=C(CN1CCCC(O)C1)N1CCC2(CCCC2)C1. The summed E-state index contributed by atoms with van der Waals surface area (Å²) in [6.45, 7) is 4.08. The Morgan fingerprint density at radius 1 is 1.16 bits per heavy atom. The van der Waals surface area contributed by atoms with Crippen molar-refractivity contribution < 1.29 is 9.90 Å². The standard InChI is InChI=1S/C15H26N2O2/c18-13-4-3-8-16(10-13)11-14(19)17-9-7-15(12-17)5-1-2-6-15/h13,18H,1-12H2. The lowest BCUT2D eigenvalue weighted by molar-refractivity contribution is -0.132. The lowest BCUT2D eigenvalue weighted by atomic mass is 9.86. The maximum absolute atomic E-state index is 12.4. The molecule has 0 radical (unpaired) electrons. The third-order valence-electron chi connectivity index (χ3n) is 5.29.